The van der Waals surface area contributed by atoms with Gasteiger partial charge in [0.1, 0.15) is 0 Å². The van der Waals surface area contributed by atoms with E-state index in [2.05, 4.69) is 21.2 Å². The van der Waals surface area contributed by atoms with Gasteiger partial charge in [-0.05, 0) is 24.0 Å². The topological polar surface area (TPSA) is 55.1 Å². The van der Waals surface area contributed by atoms with Crippen LogP contribution in [0, 0.1) is 5.41 Å². The van der Waals surface area contributed by atoms with Gasteiger partial charge < -0.3 is 11.1 Å². The Morgan fingerprint density at radius 2 is 1.89 bits per heavy atom. The van der Waals surface area contributed by atoms with Crippen LogP contribution in [0.5, 0.6) is 0 Å². The van der Waals surface area contributed by atoms with E-state index in [1.807, 2.05) is 52.0 Å². The number of nitrogens with two attached hydrogens (primary N) is 1. The molecule has 0 aliphatic rings. The van der Waals surface area contributed by atoms with Crippen molar-refractivity contribution < 1.29 is 4.79 Å². The van der Waals surface area contributed by atoms with E-state index >= 15 is 0 Å². The van der Waals surface area contributed by atoms with Crippen LogP contribution in [0.4, 0.5) is 0 Å². The van der Waals surface area contributed by atoms with Crippen molar-refractivity contribution in [3.05, 3.63) is 34.3 Å². The molecule has 1 rings (SSSR count). The number of halogens is 1. The molecule has 0 fully saturated rings. The highest BCUT2D eigenvalue weighted by atomic mass is 79.9. The minimum atomic E-state index is -0.512. The van der Waals surface area contributed by atoms with Gasteiger partial charge in [0.05, 0.1) is 12.1 Å². The maximum Gasteiger partial charge on any atom is 0.237 e. The number of hydrogen-bond donors (Lipinski definition) is 2. The Morgan fingerprint density at radius 3 is 2.39 bits per heavy atom. The average Bonchev–Trinajstić information content (AvgIpc) is 2.27. The van der Waals surface area contributed by atoms with Gasteiger partial charge in [0, 0.05) is 4.47 Å². The summed E-state index contributed by atoms with van der Waals surface area (Å²) in [6, 6.07) is 7.26. The second-order valence-electron chi connectivity index (χ2n) is 5.60. The molecule has 1 amide bonds. The van der Waals surface area contributed by atoms with Crippen LogP contribution in [0.15, 0.2) is 28.7 Å². The first-order chi connectivity index (χ1) is 8.23. The van der Waals surface area contributed by atoms with Gasteiger partial charge in [0.2, 0.25) is 5.91 Å². The molecule has 3 nitrogen and oxygen atoms in total. The molecule has 1 aromatic rings. The number of nitrogens with one attached hydrogen (secondary N) is 1. The summed E-state index contributed by atoms with van der Waals surface area (Å²) in [5, 5.41) is 2.95. The molecule has 0 heterocycles. The monoisotopic (exact) mass is 312 g/mol. The summed E-state index contributed by atoms with van der Waals surface area (Å²) in [5.41, 5.74) is 6.74. The zero-order valence-corrected chi connectivity index (χ0v) is 12.9. The van der Waals surface area contributed by atoms with Crippen LogP contribution in [0.25, 0.3) is 0 Å². The van der Waals surface area contributed by atoms with E-state index in [1.165, 1.54) is 0 Å². The van der Waals surface area contributed by atoms with Crippen molar-refractivity contribution in [2.24, 2.45) is 11.1 Å². The number of hydrogen-bond acceptors (Lipinski definition) is 2. The highest BCUT2D eigenvalue weighted by Gasteiger charge is 2.28. The van der Waals surface area contributed by atoms with Crippen molar-refractivity contribution >= 4 is 21.8 Å². The molecule has 0 spiro atoms. The molecule has 0 saturated carbocycles. The van der Waals surface area contributed by atoms with Gasteiger partial charge >= 0.3 is 0 Å². The molecule has 0 radical (unpaired) electrons. The lowest BCUT2D eigenvalue weighted by Gasteiger charge is -2.27. The largest absolute Gasteiger partial charge is 0.348 e. The van der Waals surface area contributed by atoms with E-state index in [-0.39, 0.29) is 17.4 Å². The summed E-state index contributed by atoms with van der Waals surface area (Å²) in [6.07, 6.45) is 0. The van der Waals surface area contributed by atoms with E-state index < -0.39 is 6.04 Å². The smallest absolute Gasteiger partial charge is 0.237 e. The molecular formula is C14H21BrN2O. The first kappa shape index (κ1) is 15.2. The molecule has 3 N–H and O–H groups in total. The number of carbonyl (C=O) groups excluding carboxylic acids is 1. The van der Waals surface area contributed by atoms with Gasteiger partial charge in [-0.2, -0.15) is 0 Å². The number of amides is 1. The van der Waals surface area contributed by atoms with Crippen LogP contribution in [0.2, 0.25) is 0 Å². The van der Waals surface area contributed by atoms with Crippen molar-refractivity contribution in [1.29, 1.82) is 0 Å². The molecule has 1 aromatic carbocycles. The minimum absolute atomic E-state index is 0.0681. The Kier molecular flexibility index (Phi) is 4.93. The lowest BCUT2D eigenvalue weighted by Crippen LogP contribution is -2.49. The van der Waals surface area contributed by atoms with Gasteiger partial charge in [0.25, 0.3) is 0 Å². The Bertz CT molecular complexity index is 426. The third-order valence-electron chi connectivity index (χ3n) is 2.95. The van der Waals surface area contributed by atoms with Crippen molar-refractivity contribution in [3.63, 3.8) is 0 Å². The van der Waals surface area contributed by atoms with E-state index in [0.29, 0.717) is 0 Å². The third kappa shape index (κ3) is 3.82. The standard InChI is InChI=1S/C14H21BrN2O/c1-9(10-7-5-6-8-11(10)15)17-13(18)12(16)14(2,3)4/h5-9,12H,16H2,1-4H3,(H,17,18)/t9-,12+/m1/s1. The molecular weight excluding hydrogens is 292 g/mol. The molecule has 0 aromatic heterocycles. The summed E-state index contributed by atoms with van der Waals surface area (Å²) < 4.78 is 0.988. The maximum atomic E-state index is 12.0. The van der Waals surface area contributed by atoms with E-state index in [0.717, 1.165) is 10.0 Å². The van der Waals surface area contributed by atoms with Crippen LogP contribution >= 0.6 is 15.9 Å². The number of benzene rings is 1. The van der Waals surface area contributed by atoms with Gasteiger partial charge in [-0.25, -0.2) is 0 Å². The lowest BCUT2D eigenvalue weighted by atomic mass is 9.86. The fraction of sp³-hybridized carbons (Fsp3) is 0.500. The normalized spacial score (nSPS) is 15.0. The second kappa shape index (κ2) is 5.85. The zero-order valence-electron chi connectivity index (χ0n) is 11.3. The predicted octanol–water partition coefficient (Wildman–Crippen LogP) is 3.00. The molecule has 0 aliphatic carbocycles. The first-order valence-corrected chi connectivity index (χ1v) is 6.83. The Hall–Kier alpha value is -0.870. The number of rotatable bonds is 3. The van der Waals surface area contributed by atoms with Crippen LogP contribution in [-0.4, -0.2) is 11.9 Å². The van der Waals surface area contributed by atoms with Crippen LogP contribution in [0.1, 0.15) is 39.3 Å². The highest BCUT2D eigenvalue weighted by molar-refractivity contribution is 9.10. The molecule has 2 atom stereocenters. The van der Waals surface area contributed by atoms with Crippen molar-refractivity contribution in [1.82, 2.24) is 5.32 Å². The molecule has 0 aliphatic heterocycles. The van der Waals surface area contributed by atoms with Crippen LogP contribution in [-0.2, 0) is 4.79 Å². The Labute approximate surface area is 117 Å². The van der Waals surface area contributed by atoms with Crippen molar-refractivity contribution in [2.45, 2.75) is 39.8 Å². The minimum Gasteiger partial charge on any atom is -0.348 e. The van der Waals surface area contributed by atoms with Gasteiger partial charge in [-0.3, -0.25) is 4.79 Å². The molecule has 0 saturated heterocycles. The second-order valence-corrected chi connectivity index (χ2v) is 6.45. The molecule has 4 heteroatoms. The SMILES string of the molecule is C[C@@H](NC(=O)[C@H](N)C(C)(C)C)c1ccccc1Br. The zero-order chi connectivity index (χ0) is 13.9. The van der Waals surface area contributed by atoms with Crippen LogP contribution < -0.4 is 11.1 Å². The average molecular weight is 313 g/mol. The van der Waals surface area contributed by atoms with Gasteiger partial charge in [0.15, 0.2) is 0 Å². The van der Waals surface area contributed by atoms with E-state index in [1.54, 1.807) is 0 Å². The summed E-state index contributed by atoms with van der Waals surface area (Å²) >= 11 is 3.48. The third-order valence-corrected chi connectivity index (χ3v) is 3.67. The summed E-state index contributed by atoms with van der Waals surface area (Å²) in [7, 11) is 0. The fourth-order valence-corrected chi connectivity index (χ4v) is 2.23. The van der Waals surface area contributed by atoms with E-state index in [4.69, 9.17) is 5.73 Å². The molecule has 18 heavy (non-hydrogen) atoms. The quantitative estimate of drug-likeness (QED) is 0.901. The number of carbonyl (C=O) groups is 1. The molecule has 100 valence electrons. The predicted molar refractivity (Wildman–Crippen MR) is 78.1 cm³/mol. The van der Waals surface area contributed by atoms with Gasteiger partial charge in [-0.1, -0.05) is 54.9 Å². The molecule has 0 unspecified atom stereocenters. The first-order valence-electron chi connectivity index (χ1n) is 6.04. The Morgan fingerprint density at radius 1 is 1.33 bits per heavy atom. The summed E-state index contributed by atoms with van der Waals surface area (Å²) in [4.78, 5) is 12.0. The lowest BCUT2D eigenvalue weighted by molar-refractivity contribution is -0.125. The van der Waals surface area contributed by atoms with E-state index in [9.17, 15) is 4.79 Å². The van der Waals surface area contributed by atoms with Crippen molar-refractivity contribution in [3.8, 4) is 0 Å². The Balaban J connectivity index is 2.75. The fourth-order valence-electron chi connectivity index (χ4n) is 1.60. The van der Waals surface area contributed by atoms with Crippen molar-refractivity contribution in [2.75, 3.05) is 0 Å². The van der Waals surface area contributed by atoms with Gasteiger partial charge in [-0.15, -0.1) is 0 Å². The highest BCUT2D eigenvalue weighted by Crippen LogP contribution is 2.24. The summed E-state index contributed by atoms with van der Waals surface area (Å²) in [5.74, 6) is -0.120. The maximum absolute atomic E-state index is 12.0. The van der Waals surface area contributed by atoms with Crippen LogP contribution in [0.3, 0.4) is 0 Å². The molecule has 0 bridgehead atoms. The summed E-state index contributed by atoms with van der Waals surface area (Å²) in [6.45, 7) is 7.83.